The van der Waals surface area contributed by atoms with Gasteiger partial charge >= 0.3 is 5.97 Å². The zero-order valence-corrected chi connectivity index (χ0v) is 11.9. The molecular weight excluding hydrogens is 284 g/mol. The molecule has 0 heterocycles. The van der Waals surface area contributed by atoms with Gasteiger partial charge < -0.3 is 9.47 Å². The normalized spacial score (nSPS) is 12.0. The van der Waals surface area contributed by atoms with Gasteiger partial charge in [-0.25, -0.2) is 0 Å². The molecule has 4 heteroatoms. The van der Waals surface area contributed by atoms with Crippen LogP contribution in [0.1, 0.15) is 31.2 Å². The molecule has 17 heavy (non-hydrogen) atoms. The number of carbonyl (C=O) groups excluding carboxylic acids is 1. The first kappa shape index (κ1) is 14.0. The minimum atomic E-state index is -0.173. The van der Waals surface area contributed by atoms with E-state index in [9.17, 15) is 4.79 Å². The van der Waals surface area contributed by atoms with Gasteiger partial charge in [0.1, 0.15) is 5.75 Å². The zero-order chi connectivity index (χ0) is 12.8. The number of hydrogen-bond acceptors (Lipinski definition) is 3. The second kappa shape index (κ2) is 6.64. The van der Waals surface area contributed by atoms with Gasteiger partial charge in [-0.15, -0.1) is 0 Å². The van der Waals surface area contributed by atoms with Crippen molar-refractivity contribution in [2.75, 3.05) is 14.2 Å². The molecule has 0 N–H and O–H groups in total. The van der Waals surface area contributed by atoms with Crippen LogP contribution in [0, 0.1) is 0 Å². The van der Waals surface area contributed by atoms with Crippen molar-refractivity contribution >= 4 is 21.9 Å². The summed E-state index contributed by atoms with van der Waals surface area (Å²) < 4.78 is 11.0. The summed E-state index contributed by atoms with van der Waals surface area (Å²) in [5, 5.41) is 0. The second-order valence-corrected chi connectivity index (χ2v) is 4.82. The van der Waals surface area contributed by atoms with Gasteiger partial charge in [0, 0.05) is 10.9 Å². The first-order valence-corrected chi connectivity index (χ1v) is 6.28. The van der Waals surface area contributed by atoms with E-state index in [1.807, 2.05) is 18.2 Å². The molecule has 1 rings (SSSR count). The molecule has 0 spiro atoms. The summed E-state index contributed by atoms with van der Waals surface area (Å²) in [6, 6.07) is 5.93. The molecule has 1 aromatic rings. The van der Waals surface area contributed by atoms with Crippen molar-refractivity contribution in [3.63, 3.8) is 0 Å². The molecule has 94 valence electrons. The van der Waals surface area contributed by atoms with Crippen LogP contribution in [0.2, 0.25) is 0 Å². The van der Waals surface area contributed by atoms with Gasteiger partial charge in [-0.2, -0.15) is 0 Å². The van der Waals surface area contributed by atoms with E-state index in [1.54, 1.807) is 7.11 Å². The van der Waals surface area contributed by atoms with Gasteiger partial charge in [-0.1, -0.05) is 28.9 Å². The van der Waals surface area contributed by atoms with Crippen molar-refractivity contribution in [2.45, 2.75) is 25.7 Å². The summed E-state index contributed by atoms with van der Waals surface area (Å²) in [7, 11) is 3.06. The maximum atomic E-state index is 11.1. The Balaban J connectivity index is 2.74. The minimum Gasteiger partial charge on any atom is -0.496 e. The SMILES string of the molecule is COC(=O)CC[C@H](C)c1ccc(Br)cc1OC. The highest BCUT2D eigenvalue weighted by molar-refractivity contribution is 9.10. The standard InChI is InChI=1S/C13H17BrO3/c1-9(4-7-13(15)17-3)11-6-5-10(14)8-12(11)16-2/h5-6,8-9H,4,7H2,1-3H3/t9-/m0/s1. The van der Waals surface area contributed by atoms with Gasteiger partial charge in [-0.05, 0) is 30.0 Å². The molecule has 0 fully saturated rings. The summed E-state index contributed by atoms with van der Waals surface area (Å²) in [6.45, 7) is 2.08. The molecule has 0 bridgehead atoms. The predicted molar refractivity (Wildman–Crippen MR) is 70.4 cm³/mol. The van der Waals surface area contributed by atoms with Crippen LogP contribution in [0.25, 0.3) is 0 Å². The Kier molecular flexibility index (Phi) is 5.48. The molecule has 1 aromatic carbocycles. The second-order valence-electron chi connectivity index (χ2n) is 3.90. The summed E-state index contributed by atoms with van der Waals surface area (Å²) >= 11 is 3.41. The van der Waals surface area contributed by atoms with Crippen molar-refractivity contribution in [1.29, 1.82) is 0 Å². The number of benzene rings is 1. The van der Waals surface area contributed by atoms with E-state index in [0.29, 0.717) is 6.42 Å². The Bertz CT molecular complexity index is 390. The van der Waals surface area contributed by atoms with Crippen LogP contribution in [-0.4, -0.2) is 20.2 Å². The third-order valence-electron chi connectivity index (χ3n) is 2.74. The predicted octanol–water partition coefficient (Wildman–Crippen LogP) is 3.51. The maximum absolute atomic E-state index is 11.1. The Labute approximate surface area is 110 Å². The maximum Gasteiger partial charge on any atom is 0.305 e. The minimum absolute atomic E-state index is 0.173. The topological polar surface area (TPSA) is 35.5 Å². The molecule has 0 aliphatic rings. The van der Waals surface area contributed by atoms with Crippen LogP contribution in [-0.2, 0) is 9.53 Å². The lowest BCUT2D eigenvalue weighted by Gasteiger charge is -2.15. The monoisotopic (exact) mass is 300 g/mol. The summed E-state index contributed by atoms with van der Waals surface area (Å²) in [5.41, 5.74) is 1.11. The molecule has 0 saturated heterocycles. The van der Waals surface area contributed by atoms with Crippen LogP contribution in [0.5, 0.6) is 5.75 Å². The lowest BCUT2D eigenvalue weighted by molar-refractivity contribution is -0.140. The van der Waals surface area contributed by atoms with E-state index in [-0.39, 0.29) is 11.9 Å². The van der Waals surface area contributed by atoms with Crippen molar-refractivity contribution in [1.82, 2.24) is 0 Å². The molecule has 0 amide bonds. The summed E-state index contributed by atoms with van der Waals surface area (Å²) in [5.74, 6) is 0.932. The summed E-state index contributed by atoms with van der Waals surface area (Å²) in [4.78, 5) is 11.1. The highest BCUT2D eigenvalue weighted by Gasteiger charge is 2.13. The third kappa shape index (κ3) is 4.04. The molecule has 0 aliphatic heterocycles. The van der Waals surface area contributed by atoms with E-state index in [1.165, 1.54) is 7.11 Å². The van der Waals surface area contributed by atoms with Crippen LogP contribution in [0.4, 0.5) is 0 Å². The van der Waals surface area contributed by atoms with E-state index in [2.05, 4.69) is 27.6 Å². The lowest BCUT2D eigenvalue weighted by Crippen LogP contribution is -2.04. The molecule has 0 unspecified atom stereocenters. The first-order chi connectivity index (χ1) is 8.08. The highest BCUT2D eigenvalue weighted by atomic mass is 79.9. The van der Waals surface area contributed by atoms with Crippen molar-refractivity contribution in [3.8, 4) is 5.75 Å². The van der Waals surface area contributed by atoms with E-state index in [4.69, 9.17) is 4.74 Å². The fraction of sp³-hybridized carbons (Fsp3) is 0.462. The number of ether oxygens (including phenoxy) is 2. The van der Waals surface area contributed by atoms with Gasteiger partial charge in [-0.3, -0.25) is 4.79 Å². The fourth-order valence-electron chi connectivity index (χ4n) is 1.68. The quantitative estimate of drug-likeness (QED) is 0.781. The molecule has 3 nitrogen and oxygen atoms in total. The van der Waals surface area contributed by atoms with Gasteiger partial charge in [0.15, 0.2) is 0 Å². The molecule has 0 saturated carbocycles. The number of rotatable bonds is 5. The van der Waals surface area contributed by atoms with Gasteiger partial charge in [0.2, 0.25) is 0 Å². The average Bonchev–Trinajstić information content (AvgIpc) is 2.35. The number of esters is 1. The Morgan fingerprint density at radius 2 is 2.12 bits per heavy atom. The first-order valence-electron chi connectivity index (χ1n) is 5.48. The third-order valence-corrected chi connectivity index (χ3v) is 3.23. The van der Waals surface area contributed by atoms with Crippen molar-refractivity contribution < 1.29 is 14.3 Å². The van der Waals surface area contributed by atoms with Crippen LogP contribution < -0.4 is 4.74 Å². The van der Waals surface area contributed by atoms with E-state index >= 15 is 0 Å². The number of methoxy groups -OCH3 is 2. The van der Waals surface area contributed by atoms with Crippen molar-refractivity contribution in [2.24, 2.45) is 0 Å². The smallest absolute Gasteiger partial charge is 0.305 e. The molecule has 0 aromatic heterocycles. The molecule has 0 radical (unpaired) electrons. The Morgan fingerprint density at radius 3 is 2.71 bits per heavy atom. The Morgan fingerprint density at radius 1 is 1.41 bits per heavy atom. The average molecular weight is 301 g/mol. The Hall–Kier alpha value is -1.03. The zero-order valence-electron chi connectivity index (χ0n) is 10.3. The molecule has 0 aliphatic carbocycles. The van der Waals surface area contributed by atoms with Gasteiger partial charge in [0.05, 0.1) is 14.2 Å². The van der Waals surface area contributed by atoms with Crippen LogP contribution in [0.3, 0.4) is 0 Å². The van der Waals surface area contributed by atoms with Crippen LogP contribution in [0.15, 0.2) is 22.7 Å². The molecule has 1 atom stereocenters. The summed E-state index contributed by atoms with van der Waals surface area (Å²) in [6.07, 6.45) is 1.18. The largest absolute Gasteiger partial charge is 0.496 e. The van der Waals surface area contributed by atoms with Crippen LogP contribution >= 0.6 is 15.9 Å². The van der Waals surface area contributed by atoms with Crippen molar-refractivity contribution in [3.05, 3.63) is 28.2 Å². The fourth-order valence-corrected chi connectivity index (χ4v) is 2.02. The number of hydrogen-bond donors (Lipinski definition) is 0. The van der Waals surface area contributed by atoms with E-state index in [0.717, 1.165) is 22.2 Å². The van der Waals surface area contributed by atoms with E-state index < -0.39 is 0 Å². The molecular formula is C13H17BrO3. The lowest BCUT2D eigenvalue weighted by atomic mass is 9.95. The number of carbonyl (C=O) groups is 1. The number of halogens is 1. The highest BCUT2D eigenvalue weighted by Crippen LogP contribution is 2.31. The van der Waals surface area contributed by atoms with Gasteiger partial charge in [0.25, 0.3) is 0 Å².